The van der Waals surface area contributed by atoms with Gasteiger partial charge < -0.3 is 0 Å². The molecule has 1 saturated carbocycles. The summed E-state index contributed by atoms with van der Waals surface area (Å²) in [7, 11) is -3.42. The van der Waals surface area contributed by atoms with Crippen molar-refractivity contribution in [1.29, 1.82) is 0 Å². The molecule has 0 spiro atoms. The number of aryl methyl sites for hydroxylation is 1. The molecule has 0 N–H and O–H groups in total. The van der Waals surface area contributed by atoms with Crippen LogP contribution in [0.5, 0.6) is 0 Å². The third-order valence-electron chi connectivity index (χ3n) is 4.09. The predicted octanol–water partition coefficient (Wildman–Crippen LogP) is 3.52. The molecule has 108 valence electrons. The zero-order valence-corrected chi connectivity index (χ0v) is 13.1. The standard InChI is InChI=1S/C15H18ClNO2S/c1-11-2-5-14(16)10-15(11)20(18,19)17-8-6-13(7-9-17)12-3-4-12/h2,5,10H,3-4,6-9H2,1H3. The zero-order chi connectivity index (χ0) is 14.3. The van der Waals surface area contributed by atoms with Crippen molar-refractivity contribution >= 4 is 21.6 Å². The number of rotatable bonds is 2. The molecular formula is C15H18ClNO2S. The Hall–Kier alpha value is -0.840. The van der Waals surface area contributed by atoms with Crippen molar-refractivity contribution in [3.63, 3.8) is 0 Å². The highest BCUT2D eigenvalue weighted by atomic mass is 35.5. The van der Waals surface area contributed by atoms with Crippen LogP contribution in [0.3, 0.4) is 0 Å². The second-order valence-electron chi connectivity index (χ2n) is 5.52. The molecule has 0 radical (unpaired) electrons. The first-order chi connectivity index (χ1) is 9.48. The molecule has 3 rings (SSSR count). The van der Waals surface area contributed by atoms with Crippen LogP contribution in [0.15, 0.2) is 34.2 Å². The highest BCUT2D eigenvalue weighted by molar-refractivity contribution is 7.89. The van der Waals surface area contributed by atoms with Crippen LogP contribution in [0.1, 0.15) is 31.2 Å². The van der Waals surface area contributed by atoms with Crippen molar-refractivity contribution in [3.8, 4) is 0 Å². The average Bonchev–Trinajstić information content (AvgIpc) is 3.26. The van der Waals surface area contributed by atoms with Gasteiger partial charge in [-0.1, -0.05) is 28.8 Å². The first-order valence-electron chi connectivity index (χ1n) is 6.94. The monoisotopic (exact) mass is 311 g/mol. The molecule has 1 saturated heterocycles. The van der Waals surface area contributed by atoms with Crippen molar-refractivity contribution in [1.82, 2.24) is 4.31 Å². The zero-order valence-electron chi connectivity index (χ0n) is 11.5. The van der Waals surface area contributed by atoms with Crippen LogP contribution in [0.2, 0.25) is 5.02 Å². The lowest BCUT2D eigenvalue weighted by Gasteiger charge is -2.28. The lowest BCUT2D eigenvalue weighted by atomic mass is 10.1. The summed E-state index contributed by atoms with van der Waals surface area (Å²) < 4.78 is 27.0. The van der Waals surface area contributed by atoms with Crippen LogP contribution in [-0.4, -0.2) is 25.8 Å². The maximum Gasteiger partial charge on any atom is 0.243 e. The molecule has 20 heavy (non-hydrogen) atoms. The van der Waals surface area contributed by atoms with Crippen LogP contribution in [-0.2, 0) is 10.0 Å². The Bertz CT molecular complexity index is 663. The smallest absolute Gasteiger partial charge is 0.207 e. The number of hydrogen-bond donors (Lipinski definition) is 0. The molecule has 5 heteroatoms. The van der Waals surface area contributed by atoms with Crippen molar-refractivity contribution in [3.05, 3.63) is 39.9 Å². The second kappa shape index (κ2) is 5.17. The molecule has 1 aliphatic heterocycles. The van der Waals surface area contributed by atoms with Crippen molar-refractivity contribution in [2.24, 2.45) is 0 Å². The summed E-state index contributed by atoms with van der Waals surface area (Å²) >= 11 is 5.94. The maximum atomic E-state index is 12.7. The van der Waals surface area contributed by atoms with E-state index in [-0.39, 0.29) is 0 Å². The average molecular weight is 312 g/mol. The number of halogens is 1. The summed E-state index contributed by atoms with van der Waals surface area (Å²) in [5.74, 6) is 0. The molecule has 1 aromatic carbocycles. The summed E-state index contributed by atoms with van der Waals surface area (Å²) in [4.78, 5) is 0.340. The van der Waals surface area contributed by atoms with E-state index in [1.165, 1.54) is 18.4 Å². The molecule has 1 aliphatic carbocycles. The lowest BCUT2D eigenvalue weighted by Crippen LogP contribution is -2.36. The Balaban J connectivity index is 1.85. The van der Waals surface area contributed by atoms with Crippen molar-refractivity contribution < 1.29 is 8.42 Å². The number of allylic oxidation sites excluding steroid dienone is 1. The third-order valence-corrected chi connectivity index (χ3v) is 6.37. The second-order valence-corrected chi connectivity index (χ2v) is 7.86. The van der Waals surface area contributed by atoms with Gasteiger partial charge in [0.05, 0.1) is 4.90 Å². The fraction of sp³-hybridized carbons (Fsp3) is 0.467. The number of sulfonamides is 1. The Kier molecular flexibility index (Phi) is 3.65. The third kappa shape index (κ3) is 2.65. The largest absolute Gasteiger partial charge is 0.243 e. The minimum absolute atomic E-state index is 0.340. The normalized spacial score (nSPS) is 20.3. The van der Waals surface area contributed by atoms with Gasteiger partial charge in [0.2, 0.25) is 10.0 Å². The minimum Gasteiger partial charge on any atom is -0.207 e. The van der Waals surface area contributed by atoms with Crippen LogP contribution in [0, 0.1) is 6.92 Å². The van der Waals surface area contributed by atoms with E-state index >= 15 is 0 Å². The van der Waals surface area contributed by atoms with E-state index in [1.54, 1.807) is 28.1 Å². The topological polar surface area (TPSA) is 37.4 Å². The summed E-state index contributed by atoms with van der Waals surface area (Å²) in [5.41, 5.74) is 3.79. The molecular weight excluding hydrogens is 294 g/mol. The van der Waals surface area contributed by atoms with Crippen LogP contribution >= 0.6 is 11.6 Å². The molecule has 3 nitrogen and oxygen atoms in total. The molecule has 0 atom stereocenters. The van der Waals surface area contributed by atoms with Gasteiger partial charge in [-0.15, -0.1) is 0 Å². The summed E-state index contributed by atoms with van der Waals surface area (Å²) in [6, 6.07) is 5.04. The number of benzene rings is 1. The van der Waals surface area contributed by atoms with E-state index in [9.17, 15) is 8.42 Å². The Morgan fingerprint density at radius 3 is 2.25 bits per heavy atom. The van der Waals surface area contributed by atoms with E-state index in [0.29, 0.717) is 23.0 Å². The fourth-order valence-electron chi connectivity index (χ4n) is 2.76. The highest BCUT2D eigenvalue weighted by Crippen LogP contribution is 2.37. The molecule has 1 heterocycles. The Labute approximate surface area is 125 Å². The van der Waals surface area contributed by atoms with Gasteiger partial charge in [-0.2, -0.15) is 4.31 Å². The number of piperidine rings is 1. The van der Waals surface area contributed by atoms with Crippen molar-refractivity contribution in [2.75, 3.05) is 13.1 Å². The fourth-order valence-corrected chi connectivity index (χ4v) is 4.69. The maximum absolute atomic E-state index is 12.7. The Morgan fingerprint density at radius 2 is 1.65 bits per heavy atom. The molecule has 0 unspecified atom stereocenters. The first kappa shape index (κ1) is 14.1. The summed E-state index contributed by atoms with van der Waals surface area (Å²) in [6.07, 6.45) is 4.20. The molecule has 2 aliphatic rings. The molecule has 2 fully saturated rings. The summed E-state index contributed by atoms with van der Waals surface area (Å²) in [6.45, 7) is 2.99. The Morgan fingerprint density at radius 1 is 1.05 bits per heavy atom. The van der Waals surface area contributed by atoms with Gasteiger partial charge in [0, 0.05) is 18.1 Å². The predicted molar refractivity (Wildman–Crippen MR) is 80.4 cm³/mol. The van der Waals surface area contributed by atoms with Gasteiger partial charge >= 0.3 is 0 Å². The minimum atomic E-state index is -3.42. The van der Waals surface area contributed by atoms with E-state index in [2.05, 4.69) is 0 Å². The van der Waals surface area contributed by atoms with Gasteiger partial charge in [0.15, 0.2) is 0 Å². The molecule has 0 aromatic heterocycles. The number of nitrogens with zero attached hydrogens (tertiary/aromatic N) is 1. The van der Waals surface area contributed by atoms with Gasteiger partial charge in [0.25, 0.3) is 0 Å². The van der Waals surface area contributed by atoms with Gasteiger partial charge in [-0.25, -0.2) is 8.42 Å². The van der Waals surface area contributed by atoms with Gasteiger partial charge in [-0.05, 0) is 50.3 Å². The van der Waals surface area contributed by atoms with E-state index < -0.39 is 10.0 Å². The number of hydrogen-bond acceptors (Lipinski definition) is 2. The van der Waals surface area contributed by atoms with E-state index in [0.717, 1.165) is 18.4 Å². The van der Waals surface area contributed by atoms with Crippen LogP contribution in [0.4, 0.5) is 0 Å². The lowest BCUT2D eigenvalue weighted by molar-refractivity contribution is 0.386. The van der Waals surface area contributed by atoms with Crippen LogP contribution in [0.25, 0.3) is 0 Å². The molecule has 1 aromatic rings. The molecule has 0 bridgehead atoms. The van der Waals surface area contributed by atoms with Crippen molar-refractivity contribution in [2.45, 2.75) is 37.5 Å². The SMILES string of the molecule is Cc1ccc(Cl)cc1S(=O)(=O)N1CCC(=C2CC2)CC1. The van der Waals surface area contributed by atoms with E-state index in [4.69, 9.17) is 11.6 Å². The highest BCUT2D eigenvalue weighted by Gasteiger charge is 2.30. The first-order valence-corrected chi connectivity index (χ1v) is 8.76. The van der Waals surface area contributed by atoms with Gasteiger partial charge in [-0.3, -0.25) is 0 Å². The summed E-state index contributed by atoms with van der Waals surface area (Å²) in [5, 5.41) is 0.465. The van der Waals surface area contributed by atoms with Gasteiger partial charge in [0.1, 0.15) is 0 Å². The van der Waals surface area contributed by atoms with Crippen LogP contribution < -0.4 is 0 Å². The van der Waals surface area contributed by atoms with E-state index in [1.807, 2.05) is 6.92 Å². The quantitative estimate of drug-likeness (QED) is 0.784. The molecule has 0 amide bonds.